The lowest BCUT2D eigenvalue weighted by atomic mass is 9.60. The fourth-order valence-electron chi connectivity index (χ4n) is 18.7. The van der Waals surface area contributed by atoms with Crippen LogP contribution in [0, 0.1) is 5.92 Å². The molecule has 8 saturated heterocycles. The Morgan fingerprint density at radius 2 is 0.696 bits per heavy atom. The Hall–Kier alpha value is -1.48. The summed E-state index contributed by atoms with van der Waals surface area (Å²) in [5.41, 5.74) is -49.4. The van der Waals surface area contributed by atoms with Gasteiger partial charge in [-0.1, -0.05) is 6.92 Å². The fraction of sp³-hybridized carbons (Fsp3) is 1.00. The van der Waals surface area contributed by atoms with E-state index >= 15 is 0 Å². The minimum Gasteiger partial charge on any atom is -0.394 e. The van der Waals surface area contributed by atoms with E-state index in [1.165, 1.54) is 118 Å². The molecule has 115 heavy (non-hydrogen) atoms. The molecule has 0 radical (unpaired) electrons. The first-order valence-electron chi connectivity index (χ1n) is 39.1. The fourth-order valence-corrected chi connectivity index (χ4v) is 18.7. The van der Waals surface area contributed by atoms with Gasteiger partial charge >= 0.3 is 0 Å². The highest BCUT2D eigenvalue weighted by Gasteiger charge is 2.83. The van der Waals surface area contributed by atoms with Gasteiger partial charge in [0.15, 0.2) is 51.9 Å². The molecule has 8 aliphatic rings. The van der Waals surface area contributed by atoms with Gasteiger partial charge in [0.05, 0.1) is 62.0 Å². The van der Waals surface area contributed by atoms with E-state index in [0.29, 0.717) is 0 Å². The number of aliphatic hydroxyl groups is 21. The molecule has 37 atom stereocenters. The lowest BCUT2D eigenvalue weighted by Crippen LogP contribution is -2.87. The molecule has 0 amide bonds. The Balaban J connectivity index is 1.34. The molecule has 0 aliphatic carbocycles. The molecule has 37 heteroatoms. The van der Waals surface area contributed by atoms with Crippen molar-refractivity contribution in [2.75, 3.05) is 40.1 Å². The van der Waals surface area contributed by atoms with Crippen LogP contribution in [0.1, 0.15) is 222 Å². The van der Waals surface area contributed by atoms with Crippen LogP contribution in [0.4, 0.5) is 0 Å². The van der Waals surface area contributed by atoms with E-state index in [9.17, 15) is 107 Å². The van der Waals surface area contributed by atoms with Crippen LogP contribution in [0.15, 0.2) is 0 Å². The largest absolute Gasteiger partial charge is 0.394 e. The number of ether oxygens (including phenoxy) is 16. The molecule has 8 fully saturated rings. The number of rotatable bonds is 20. The first kappa shape index (κ1) is 98.9. The number of methoxy groups -OCH3 is 1. The van der Waals surface area contributed by atoms with Gasteiger partial charge in [-0.25, -0.2) is 0 Å². The maximum Gasteiger partial charge on any atom is 0.198 e. The highest BCUT2D eigenvalue weighted by Crippen LogP contribution is 2.63. The zero-order chi connectivity index (χ0) is 89.8. The standard InChI is InChI=1S/C78H142O37/c1-39-40(35-101-73(27)60(14,92)48(85)57(11,89)51(2,3)108-73)104-64(18,45(82)44(39)81)113-62(16)43(37-103-75(29)63(17,50(87)59(13,91)53(6,7)110-75)114-78(32)69(23,97)66(20,94)56(10,88)41(34-79)106-78)107-77(31,70(24,98)67(62,21)95)112-55(9)42(36-102-74(28)61(15,93)49(86)58(12,90)52(4,5)109-74)105-65(19,47(84)46(55)83)115-72(26)54(8,38-80)111-76(30,100-33)71(25,99)68(72,22)96/h39-50,79-99H,34-38H2,1-33H3/t39-,40?,41?,42-,43?,44?,45?,46?,47?,48?,49?,50+,54?,55+,56-,57-,58-,59+,60?,61?,62+,63?,64-,65-,66?,67?,68+,69?,70-,71?,72+,73-,74-,75+,76+,77?,78-/m0/s1. The molecule has 0 saturated carbocycles. The van der Waals surface area contributed by atoms with Gasteiger partial charge in [0.25, 0.3) is 0 Å². The van der Waals surface area contributed by atoms with Crippen molar-refractivity contribution in [3.8, 4) is 0 Å². The predicted molar refractivity (Wildman–Crippen MR) is 397 cm³/mol. The number of aliphatic hydroxyl groups excluding tert-OH is 9. The van der Waals surface area contributed by atoms with Crippen molar-refractivity contribution in [3.05, 3.63) is 0 Å². The summed E-state index contributed by atoms with van der Waals surface area (Å²) in [6, 6.07) is 0. The molecule has 0 bridgehead atoms. The Morgan fingerprint density at radius 1 is 0.313 bits per heavy atom. The first-order chi connectivity index (χ1) is 50.6. The van der Waals surface area contributed by atoms with Gasteiger partial charge in [-0.15, -0.1) is 0 Å². The number of hydrogen-bond acceptors (Lipinski definition) is 37. The summed E-state index contributed by atoms with van der Waals surface area (Å²) in [5, 5.41) is 260. The van der Waals surface area contributed by atoms with Crippen LogP contribution in [0.25, 0.3) is 0 Å². The average molecular weight is 1670 g/mol. The lowest BCUT2D eigenvalue weighted by molar-refractivity contribution is -0.517. The summed E-state index contributed by atoms with van der Waals surface area (Å²) in [7, 11) is 1.17. The van der Waals surface area contributed by atoms with Crippen LogP contribution in [-0.2, 0) is 75.8 Å². The molecule has 21 N–H and O–H groups in total. The average Bonchev–Trinajstić information content (AvgIpc) is 0.714. The summed E-state index contributed by atoms with van der Waals surface area (Å²) < 4.78 is 106. The van der Waals surface area contributed by atoms with Crippen LogP contribution in [0.5, 0.6) is 0 Å². The maximum atomic E-state index is 14.2. The van der Waals surface area contributed by atoms with Crippen LogP contribution in [0.3, 0.4) is 0 Å². The van der Waals surface area contributed by atoms with Crippen LogP contribution < -0.4 is 0 Å². The van der Waals surface area contributed by atoms with E-state index in [0.717, 1.165) is 111 Å². The molecule has 37 nitrogen and oxygen atoms in total. The van der Waals surface area contributed by atoms with Crippen molar-refractivity contribution in [1.29, 1.82) is 0 Å². The maximum absolute atomic E-state index is 14.2. The van der Waals surface area contributed by atoms with Gasteiger partial charge in [-0.05, 0) is 215 Å². The normalized spacial score (nSPS) is 59.9. The molecule has 0 aromatic carbocycles. The summed E-state index contributed by atoms with van der Waals surface area (Å²) in [6.45, 7) is 33.4. The molecule has 0 spiro atoms. The van der Waals surface area contributed by atoms with E-state index in [-0.39, 0.29) is 0 Å². The Kier molecular flexibility index (Phi) is 24.1. The monoisotopic (exact) mass is 1670 g/mol. The van der Waals surface area contributed by atoms with Gasteiger partial charge in [0.2, 0.25) is 0 Å². The molecule has 8 heterocycles. The summed E-state index contributed by atoms with van der Waals surface area (Å²) in [4.78, 5) is 0. The summed E-state index contributed by atoms with van der Waals surface area (Å²) in [6.07, 6.45) is -22.9. The van der Waals surface area contributed by atoms with Crippen LogP contribution in [0.2, 0.25) is 0 Å². The van der Waals surface area contributed by atoms with Crippen molar-refractivity contribution in [2.45, 2.75) is 447 Å². The summed E-state index contributed by atoms with van der Waals surface area (Å²) >= 11 is 0. The Bertz CT molecular complexity index is 3560. The van der Waals surface area contributed by atoms with Gasteiger partial charge in [-0.2, -0.15) is 0 Å². The van der Waals surface area contributed by atoms with E-state index < -0.39 is 264 Å². The van der Waals surface area contributed by atoms with Gasteiger partial charge in [0, 0.05) is 13.0 Å². The van der Waals surface area contributed by atoms with Gasteiger partial charge in [-0.3, -0.25) is 0 Å². The third-order valence-electron chi connectivity index (χ3n) is 31.6. The quantitative estimate of drug-likeness (QED) is 0.0598. The van der Waals surface area contributed by atoms with Gasteiger partial charge in [0.1, 0.15) is 145 Å². The second kappa shape index (κ2) is 28.0. The van der Waals surface area contributed by atoms with Crippen molar-refractivity contribution in [2.24, 2.45) is 5.92 Å². The third-order valence-corrected chi connectivity index (χ3v) is 31.6. The van der Waals surface area contributed by atoms with Crippen LogP contribution in [-0.4, -0.2) is 373 Å². The molecule has 18 unspecified atom stereocenters. The van der Waals surface area contributed by atoms with E-state index in [1.807, 2.05) is 0 Å². The van der Waals surface area contributed by atoms with Gasteiger partial charge < -0.3 is 183 Å². The van der Waals surface area contributed by atoms with E-state index in [1.54, 1.807) is 0 Å². The van der Waals surface area contributed by atoms with E-state index in [2.05, 4.69) is 0 Å². The first-order valence-corrected chi connectivity index (χ1v) is 39.1. The highest BCUT2D eigenvalue weighted by atomic mass is 16.8. The zero-order valence-corrected chi connectivity index (χ0v) is 73.4. The zero-order valence-electron chi connectivity index (χ0n) is 73.4. The third kappa shape index (κ3) is 13.1. The van der Waals surface area contributed by atoms with Crippen molar-refractivity contribution < 1.29 is 183 Å². The molecule has 676 valence electrons. The second-order valence-corrected chi connectivity index (χ2v) is 39.9. The molecule has 8 aliphatic heterocycles. The predicted octanol–water partition coefficient (Wildman–Crippen LogP) is -2.52. The number of hydrogen-bond donors (Lipinski definition) is 21. The molecule has 8 rings (SSSR count). The van der Waals surface area contributed by atoms with Crippen molar-refractivity contribution in [3.63, 3.8) is 0 Å². The van der Waals surface area contributed by atoms with Crippen molar-refractivity contribution >= 4 is 0 Å². The molecule has 0 aromatic rings. The Labute approximate surface area is 673 Å². The lowest BCUT2D eigenvalue weighted by Gasteiger charge is -2.68. The molecular weight excluding hydrogens is 1530 g/mol. The molecular formula is C78H142O37. The topological polar surface area (TPSA) is 573 Å². The minimum atomic E-state index is -3.14. The van der Waals surface area contributed by atoms with E-state index in [4.69, 9.17) is 75.8 Å². The Morgan fingerprint density at radius 3 is 1.14 bits per heavy atom. The molecule has 0 aromatic heterocycles. The van der Waals surface area contributed by atoms with Crippen molar-refractivity contribution in [1.82, 2.24) is 0 Å². The highest BCUT2D eigenvalue weighted by molar-refractivity contribution is 5.27. The van der Waals surface area contributed by atoms with Crippen LogP contribution >= 0.6 is 0 Å². The minimum absolute atomic E-state index is 0.675. The summed E-state index contributed by atoms with van der Waals surface area (Å²) in [5.74, 6) is -21.8. The smallest absolute Gasteiger partial charge is 0.198 e. The SMILES string of the molecule is CO[C@]1(C)OC(C)(CO)[C@@](C)(O[C@]2(C)O[C@@H](CO[C@@]3(C)OC(C)(C)[C@@](C)(O)C(O)C3(C)O)[C@@](C)(OC3(C)OC(CO[C@]4(C)OC(C)(C)[C@](C)(O)[C@@H](O)C4(C)O[C@]4(C)OC(CO)[C@](C)(O)C(C)(O)C4(C)O)[C@@](C)(O[C@]4(C)OC(CO[C@@]5(C)OC(C)(C)[C@@](C)(O)C(O)C5(C)O)[C@H](C)C(O)C4O)C(C)(O)[C@]3(C)O)C(O)C2O)[C@](C)(O)C1(C)O. The second-order valence-electron chi connectivity index (χ2n) is 39.9.